The SMILES string of the molecule is COC(=O)C1=C(C)N(c2cccc(C(F)(F)F)c2)c2n[nH]c(=O)n2[C@@H]1c1ccc(C#N)cc1CN(C)Cc1cscn1. The first kappa shape index (κ1) is 28.8. The van der Waals surface area contributed by atoms with E-state index in [-0.39, 0.29) is 22.9 Å². The number of carbonyl (C=O) groups excluding carboxylic acids is 1. The molecular weight excluding hydrogens is 571 g/mol. The molecule has 0 radical (unpaired) electrons. The number of alkyl halides is 3. The Balaban J connectivity index is 1.70. The van der Waals surface area contributed by atoms with E-state index in [4.69, 9.17) is 4.74 Å². The van der Waals surface area contributed by atoms with Crippen LogP contribution in [-0.2, 0) is 28.8 Å². The number of methoxy groups -OCH3 is 1. The van der Waals surface area contributed by atoms with Crippen LogP contribution in [0.25, 0.3) is 0 Å². The smallest absolute Gasteiger partial charge is 0.416 e. The third-order valence-corrected chi connectivity index (χ3v) is 7.54. The maximum atomic E-state index is 13.6. The fourth-order valence-corrected chi connectivity index (χ4v) is 5.65. The number of rotatable bonds is 7. The second-order valence-corrected chi connectivity index (χ2v) is 10.4. The summed E-state index contributed by atoms with van der Waals surface area (Å²) in [4.78, 5) is 34.2. The van der Waals surface area contributed by atoms with E-state index in [1.54, 1.807) is 30.6 Å². The van der Waals surface area contributed by atoms with Crippen LogP contribution < -0.4 is 10.6 Å². The largest absolute Gasteiger partial charge is 0.466 e. The number of allylic oxidation sites excluding steroid dienone is 1. The van der Waals surface area contributed by atoms with Crippen LogP contribution in [0.3, 0.4) is 0 Å². The van der Waals surface area contributed by atoms with Crippen molar-refractivity contribution in [3.8, 4) is 6.07 Å². The van der Waals surface area contributed by atoms with Gasteiger partial charge in [-0.05, 0) is 55.4 Å². The van der Waals surface area contributed by atoms with Gasteiger partial charge in [0.25, 0.3) is 0 Å². The zero-order valence-corrected chi connectivity index (χ0v) is 23.5. The lowest BCUT2D eigenvalue weighted by molar-refractivity contribution is -0.138. The molecule has 0 unspecified atom stereocenters. The Morgan fingerprint density at radius 2 is 2.02 bits per heavy atom. The number of H-pyrrole nitrogens is 1. The molecule has 1 aliphatic rings. The number of hydrogen-bond acceptors (Lipinski definition) is 9. The average molecular weight is 596 g/mol. The van der Waals surface area contributed by atoms with Crippen molar-refractivity contribution in [2.45, 2.75) is 32.2 Å². The van der Waals surface area contributed by atoms with Crippen molar-refractivity contribution in [3.63, 3.8) is 0 Å². The predicted octanol–water partition coefficient (Wildman–Crippen LogP) is 4.74. The normalized spacial score (nSPS) is 15.1. The van der Waals surface area contributed by atoms with Gasteiger partial charge in [0.1, 0.15) is 6.04 Å². The maximum Gasteiger partial charge on any atom is 0.416 e. The van der Waals surface area contributed by atoms with Crippen LogP contribution in [0.5, 0.6) is 0 Å². The molecule has 1 atom stereocenters. The van der Waals surface area contributed by atoms with Crippen LogP contribution in [0.1, 0.15) is 40.9 Å². The molecule has 0 fully saturated rings. The summed E-state index contributed by atoms with van der Waals surface area (Å²) >= 11 is 1.47. The van der Waals surface area contributed by atoms with Crippen LogP contribution in [0, 0.1) is 11.3 Å². The minimum Gasteiger partial charge on any atom is -0.466 e. The average Bonchev–Trinajstić information content (AvgIpc) is 3.61. The van der Waals surface area contributed by atoms with E-state index in [0.717, 1.165) is 17.8 Å². The van der Waals surface area contributed by atoms with Gasteiger partial charge in [-0.3, -0.25) is 9.80 Å². The van der Waals surface area contributed by atoms with Crippen LogP contribution in [0.2, 0.25) is 0 Å². The summed E-state index contributed by atoms with van der Waals surface area (Å²) in [6.45, 7) is 2.38. The molecule has 1 N–H and O–H groups in total. The first-order valence-electron chi connectivity index (χ1n) is 12.6. The topological polar surface area (TPSA) is 120 Å². The Kier molecular flexibility index (Phi) is 7.72. The highest BCUT2D eigenvalue weighted by Gasteiger charge is 2.41. The highest BCUT2D eigenvalue weighted by Crippen LogP contribution is 2.43. The van der Waals surface area contributed by atoms with Gasteiger partial charge in [0.05, 0.1) is 41.1 Å². The molecule has 0 saturated heterocycles. The number of ether oxygens (including phenoxy) is 1. The summed E-state index contributed by atoms with van der Waals surface area (Å²) in [5, 5.41) is 18.1. The molecule has 3 heterocycles. The first-order chi connectivity index (χ1) is 20.0. The lowest BCUT2D eigenvalue weighted by Gasteiger charge is -2.36. The monoisotopic (exact) mass is 595 g/mol. The quantitative estimate of drug-likeness (QED) is 0.305. The summed E-state index contributed by atoms with van der Waals surface area (Å²) in [5.41, 5.74) is 2.83. The number of halogens is 3. The summed E-state index contributed by atoms with van der Waals surface area (Å²) in [5.74, 6) is -0.792. The molecule has 42 heavy (non-hydrogen) atoms. The molecule has 2 aromatic heterocycles. The lowest BCUT2D eigenvalue weighted by atomic mass is 9.90. The van der Waals surface area contributed by atoms with Gasteiger partial charge >= 0.3 is 17.8 Å². The molecule has 2 aromatic carbocycles. The molecule has 0 aliphatic carbocycles. The molecule has 5 rings (SSSR count). The molecule has 0 spiro atoms. The van der Waals surface area contributed by atoms with E-state index in [1.807, 2.05) is 17.3 Å². The number of hydrogen-bond donors (Lipinski definition) is 1. The summed E-state index contributed by atoms with van der Waals surface area (Å²) in [6.07, 6.45) is -4.62. The van der Waals surface area contributed by atoms with Crippen molar-refractivity contribution in [1.29, 1.82) is 5.26 Å². The Morgan fingerprint density at radius 3 is 2.69 bits per heavy atom. The Hall–Kier alpha value is -4.74. The van der Waals surface area contributed by atoms with Gasteiger partial charge in [-0.1, -0.05) is 12.1 Å². The van der Waals surface area contributed by atoms with Gasteiger partial charge in [-0.2, -0.15) is 18.4 Å². The van der Waals surface area contributed by atoms with E-state index in [2.05, 4.69) is 21.3 Å². The van der Waals surface area contributed by atoms with Gasteiger partial charge in [0, 0.05) is 29.9 Å². The molecule has 14 heteroatoms. The molecule has 0 bridgehead atoms. The zero-order valence-electron chi connectivity index (χ0n) is 22.6. The highest BCUT2D eigenvalue weighted by atomic mass is 32.1. The van der Waals surface area contributed by atoms with Crippen molar-refractivity contribution in [2.24, 2.45) is 0 Å². The highest BCUT2D eigenvalue weighted by molar-refractivity contribution is 7.07. The second kappa shape index (κ2) is 11.3. The molecule has 10 nitrogen and oxygen atoms in total. The molecule has 216 valence electrons. The number of aromatic amines is 1. The zero-order chi connectivity index (χ0) is 30.2. The third-order valence-electron chi connectivity index (χ3n) is 6.90. The fourth-order valence-electron chi connectivity index (χ4n) is 5.10. The van der Waals surface area contributed by atoms with Crippen molar-refractivity contribution in [3.05, 3.63) is 103 Å². The summed E-state index contributed by atoms with van der Waals surface area (Å²) in [6, 6.07) is 10.5. The maximum absolute atomic E-state index is 13.6. The van der Waals surface area contributed by atoms with Crippen molar-refractivity contribution in [1.82, 2.24) is 24.6 Å². The van der Waals surface area contributed by atoms with E-state index >= 15 is 0 Å². The number of carbonyl (C=O) groups is 1. The van der Waals surface area contributed by atoms with Gasteiger partial charge in [0.2, 0.25) is 5.95 Å². The molecule has 0 amide bonds. The van der Waals surface area contributed by atoms with Gasteiger partial charge in [-0.25, -0.2) is 24.2 Å². The number of nitriles is 1. The summed E-state index contributed by atoms with van der Waals surface area (Å²) in [7, 11) is 3.06. The van der Waals surface area contributed by atoms with Crippen molar-refractivity contribution >= 4 is 28.9 Å². The number of anilines is 2. The number of nitrogens with zero attached hydrogens (tertiary/aromatic N) is 6. The number of fused-ring (bicyclic) bond motifs is 1. The number of thiazole rings is 1. The Bertz CT molecular complexity index is 1770. The van der Waals surface area contributed by atoms with E-state index in [9.17, 15) is 28.0 Å². The van der Waals surface area contributed by atoms with Crippen LogP contribution in [-0.4, -0.2) is 44.8 Å². The second-order valence-electron chi connectivity index (χ2n) is 9.65. The lowest BCUT2D eigenvalue weighted by Crippen LogP contribution is -2.38. The first-order valence-corrected chi connectivity index (χ1v) is 13.5. The number of nitrogens with one attached hydrogen (secondary N) is 1. The number of esters is 1. The van der Waals surface area contributed by atoms with Crippen LogP contribution >= 0.6 is 11.3 Å². The van der Waals surface area contributed by atoms with Gasteiger partial charge in [0.15, 0.2) is 0 Å². The molecular formula is C28H24F3N7O3S. The van der Waals surface area contributed by atoms with Crippen molar-refractivity contribution < 1.29 is 22.7 Å². The molecule has 0 saturated carbocycles. The Morgan fingerprint density at radius 1 is 1.24 bits per heavy atom. The van der Waals surface area contributed by atoms with Crippen LogP contribution in [0.15, 0.2) is 69.4 Å². The summed E-state index contributed by atoms with van der Waals surface area (Å²) < 4.78 is 47.1. The van der Waals surface area contributed by atoms with Crippen molar-refractivity contribution in [2.75, 3.05) is 19.1 Å². The molecule has 1 aliphatic heterocycles. The minimum absolute atomic E-state index is 0.0133. The number of benzene rings is 2. The van der Waals surface area contributed by atoms with E-state index in [1.165, 1.54) is 40.0 Å². The van der Waals surface area contributed by atoms with E-state index in [0.29, 0.717) is 29.8 Å². The van der Waals surface area contributed by atoms with Gasteiger partial charge < -0.3 is 4.74 Å². The van der Waals surface area contributed by atoms with Gasteiger partial charge in [-0.15, -0.1) is 16.4 Å². The predicted molar refractivity (Wildman–Crippen MR) is 148 cm³/mol. The third kappa shape index (κ3) is 5.31. The number of aromatic nitrogens is 4. The fraction of sp³-hybridized carbons (Fsp3) is 0.250. The van der Waals surface area contributed by atoms with Crippen LogP contribution in [0.4, 0.5) is 24.8 Å². The molecule has 4 aromatic rings. The standard InChI is InChI=1S/C28H24F3N7O3S/c1-16-23(25(39)41-3)24(22-8-7-17(11-32)9-18(22)12-36(2)13-20-14-42-15-33-20)38-26(34-35-27(38)40)37(16)21-6-4-5-19(10-21)28(29,30)31/h4-10,14-15,24H,12-13H2,1-3H3,(H,35,40)/t24-/m1/s1. The minimum atomic E-state index is -4.62. The Labute approximate surface area is 241 Å². The van der Waals surface area contributed by atoms with E-state index < -0.39 is 29.4 Å².